The first-order chi connectivity index (χ1) is 22.3. The molecule has 1 saturated heterocycles. The molecule has 0 aliphatic carbocycles. The highest BCUT2D eigenvalue weighted by molar-refractivity contribution is 6.02. The third-order valence-corrected chi connectivity index (χ3v) is 8.57. The van der Waals surface area contributed by atoms with Crippen LogP contribution in [0, 0.1) is 12.8 Å². The van der Waals surface area contributed by atoms with Gasteiger partial charge in [-0.2, -0.15) is 5.10 Å². The number of urea groups is 1. The SMILES string of the molecule is Cc1ccc(-n2nc(C(C)(C)C)cc2NC(=O)Nc2ccc(C(C(=O)c3ccc(COC(C)(C)C)cc3)C3CCNCC3)cc2)cc1. The number of ether oxygens (including phenoxy) is 1. The molecule has 8 nitrogen and oxygen atoms in total. The Labute approximate surface area is 279 Å². The number of Topliss-reactive ketones (excluding diaryl/α,β-unsaturated/α-hetero) is 1. The third kappa shape index (κ3) is 8.96. The van der Waals surface area contributed by atoms with E-state index in [-0.39, 0.29) is 34.7 Å². The van der Waals surface area contributed by atoms with E-state index in [4.69, 9.17) is 9.84 Å². The quantitative estimate of drug-likeness (QED) is 0.161. The first-order valence-corrected chi connectivity index (χ1v) is 16.6. The van der Waals surface area contributed by atoms with Crippen LogP contribution in [0.1, 0.15) is 93.0 Å². The van der Waals surface area contributed by atoms with Crippen LogP contribution >= 0.6 is 0 Å². The molecule has 47 heavy (non-hydrogen) atoms. The summed E-state index contributed by atoms with van der Waals surface area (Å²) in [6, 6.07) is 25.1. The minimum Gasteiger partial charge on any atom is -0.371 e. The first-order valence-electron chi connectivity index (χ1n) is 16.6. The molecule has 8 heteroatoms. The number of aromatic nitrogens is 2. The van der Waals surface area contributed by atoms with Gasteiger partial charge >= 0.3 is 6.03 Å². The standard InChI is InChI=1S/C39H49N5O3/c1-26-8-18-32(19-9-26)44-34(24-33(43-44)38(2,3)4)42-37(46)41-31-16-14-28(15-17-31)35(29-20-22-40-23-21-29)36(45)30-12-10-27(11-13-30)25-47-39(5,6)7/h8-19,24,29,35,40H,20-23,25H2,1-7H3,(H2,41,42,46). The Morgan fingerprint density at radius 1 is 0.894 bits per heavy atom. The fraction of sp³-hybridized carbons (Fsp3) is 0.410. The highest BCUT2D eigenvalue weighted by Gasteiger charge is 2.32. The lowest BCUT2D eigenvalue weighted by atomic mass is 9.76. The maximum absolute atomic E-state index is 14.0. The summed E-state index contributed by atoms with van der Waals surface area (Å²) in [7, 11) is 0. The average Bonchev–Trinajstić information content (AvgIpc) is 3.46. The number of ketones is 1. The number of hydrogen-bond acceptors (Lipinski definition) is 5. The largest absolute Gasteiger partial charge is 0.371 e. The Hall–Kier alpha value is -4.27. The summed E-state index contributed by atoms with van der Waals surface area (Å²) in [5.41, 5.74) is 5.82. The van der Waals surface area contributed by atoms with E-state index in [1.54, 1.807) is 4.68 Å². The summed E-state index contributed by atoms with van der Waals surface area (Å²) in [6.07, 6.45) is 1.86. The van der Waals surface area contributed by atoms with Crippen molar-refractivity contribution < 1.29 is 14.3 Å². The van der Waals surface area contributed by atoms with Crippen LogP contribution in [0.5, 0.6) is 0 Å². The van der Waals surface area contributed by atoms with Crippen LogP contribution in [0.3, 0.4) is 0 Å². The van der Waals surface area contributed by atoms with Gasteiger partial charge in [0, 0.05) is 22.7 Å². The topological polar surface area (TPSA) is 97.3 Å². The lowest BCUT2D eigenvalue weighted by molar-refractivity contribution is -0.0149. The normalized spacial score (nSPS) is 14.9. The van der Waals surface area contributed by atoms with Gasteiger partial charge in [-0.25, -0.2) is 9.48 Å². The van der Waals surface area contributed by atoms with Crippen molar-refractivity contribution in [1.29, 1.82) is 0 Å². The molecule has 1 fully saturated rings. The molecule has 1 aliphatic rings. The number of nitrogens with one attached hydrogen (secondary N) is 3. The summed E-state index contributed by atoms with van der Waals surface area (Å²) < 4.78 is 7.68. The summed E-state index contributed by atoms with van der Waals surface area (Å²) in [4.78, 5) is 27.3. The molecule has 1 atom stereocenters. The molecule has 2 amide bonds. The van der Waals surface area contributed by atoms with Gasteiger partial charge in [0.1, 0.15) is 5.82 Å². The van der Waals surface area contributed by atoms with E-state index in [2.05, 4.69) is 36.7 Å². The molecule has 0 bridgehead atoms. The van der Waals surface area contributed by atoms with Gasteiger partial charge in [0.05, 0.1) is 29.5 Å². The molecule has 1 aliphatic heterocycles. The Kier molecular flexibility index (Phi) is 10.3. The Morgan fingerprint density at radius 3 is 2.13 bits per heavy atom. The molecule has 0 saturated carbocycles. The van der Waals surface area contributed by atoms with Crippen LogP contribution in [-0.2, 0) is 16.8 Å². The van der Waals surface area contributed by atoms with Crippen molar-refractivity contribution in [2.75, 3.05) is 23.7 Å². The molecule has 0 radical (unpaired) electrons. The second-order valence-corrected chi connectivity index (χ2v) is 14.6. The van der Waals surface area contributed by atoms with Crippen molar-refractivity contribution in [1.82, 2.24) is 15.1 Å². The number of nitrogens with zero attached hydrogens (tertiary/aromatic N) is 2. The molecule has 4 aromatic rings. The van der Waals surface area contributed by atoms with E-state index in [0.717, 1.165) is 54.0 Å². The zero-order valence-corrected chi connectivity index (χ0v) is 28.8. The fourth-order valence-electron chi connectivity index (χ4n) is 5.83. The van der Waals surface area contributed by atoms with E-state index in [1.807, 2.05) is 107 Å². The van der Waals surface area contributed by atoms with Gasteiger partial charge in [0.25, 0.3) is 0 Å². The lowest BCUT2D eigenvalue weighted by Gasteiger charge is -2.30. The van der Waals surface area contributed by atoms with Crippen LogP contribution < -0.4 is 16.0 Å². The second-order valence-electron chi connectivity index (χ2n) is 14.6. The number of carbonyl (C=O) groups excluding carboxylic acids is 2. The zero-order valence-electron chi connectivity index (χ0n) is 28.8. The van der Waals surface area contributed by atoms with Crippen LogP contribution in [0.25, 0.3) is 5.69 Å². The summed E-state index contributed by atoms with van der Waals surface area (Å²) in [6.45, 7) is 16.7. The number of carbonyl (C=O) groups is 2. The molecule has 2 heterocycles. The number of piperidine rings is 1. The number of hydrogen-bond donors (Lipinski definition) is 3. The van der Waals surface area contributed by atoms with Gasteiger partial charge < -0.3 is 15.4 Å². The molecule has 1 aromatic heterocycles. The van der Waals surface area contributed by atoms with Crippen molar-refractivity contribution in [3.63, 3.8) is 0 Å². The smallest absolute Gasteiger partial charge is 0.324 e. The summed E-state index contributed by atoms with van der Waals surface area (Å²) in [5.74, 6) is 0.670. The van der Waals surface area contributed by atoms with Crippen LogP contribution in [0.2, 0.25) is 0 Å². The van der Waals surface area contributed by atoms with E-state index in [9.17, 15) is 9.59 Å². The lowest BCUT2D eigenvalue weighted by Crippen LogP contribution is -2.33. The highest BCUT2D eigenvalue weighted by Crippen LogP contribution is 2.35. The van der Waals surface area contributed by atoms with E-state index in [0.29, 0.717) is 23.7 Å². The van der Waals surface area contributed by atoms with Gasteiger partial charge in [-0.15, -0.1) is 0 Å². The van der Waals surface area contributed by atoms with E-state index in [1.165, 1.54) is 0 Å². The predicted octanol–water partition coefficient (Wildman–Crippen LogP) is 8.40. The van der Waals surface area contributed by atoms with Crippen LogP contribution in [0.15, 0.2) is 78.9 Å². The molecule has 3 N–H and O–H groups in total. The van der Waals surface area contributed by atoms with Crippen molar-refractivity contribution in [2.45, 2.75) is 84.8 Å². The fourth-order valence-corrected chi connectivity index (χ4v) is 5.83. The number of amides is 2. The van der Waals surface area contributed by atoms with Gasteiger partial charge in [-0.3, -0.25) is 10.1 Å². The van der Waals surface area contributed by atoms with Crippen molar-refractivity contribution in [2.24, 2.45) is 5.92 Å². The van der Waals surface area contributed by atoms with E-state index < -0.39 is 0 Å². The van der Waals surface area contributed by atoms with Crippen molar-refractivity contribution in [3.05, 3.63) is 107 Å². The number of rotatable bonds is 9. The minimum absolute atomic E-state index is 0.123. The van der Waals surface area contributed by atoms with Crippen LogP contribution in [0.4, 0.5) is 16.3 Å². The zero-order chi connectivity index (χ0) is 33.8. The van der Waals surface area contributed by atoms with Crippen molar-refractivity contribution in [3.8, 4) is 5.69 Å². The molecular weight excluding hydrogens is 586 g/mol. The molecule has 1 unspecified atom stereocenters. The predicted molar refractivity (Wildman–Crippen MR) is 190 cm³/mol. The van der Waals surface area contributed by atoms with Crippen molar-refractivity contribution >= 4 is 23.3 Å². The summed E-state index contributed by atoms with van der Waals surface area (Å²) >= 11 is 0. The Balaban J connectivity index is 1.32. The minimum atomic E-state index is -0.368. The van der Waals surface area contributed by atoms with Gasteiger partial charge in [0.2, 0.25) is 0 Å². The Bertz CT molecular complexity index is 1650. The third-order valence-electron chi connectivity index (χ3n) is 8.57. The average molecular weight is 636 g/mol. The first kappa shape index (κ1) is 34.1. The number of aryl methyl sites for hydroxylation is 1. The molecule has 0 spiro atoms. The maximum Gasteiger partial charge on any atom is 0.324 e. The highest BCUT2D eigenvalue weighted by atomic mass is 16.5. The maximum atomic E-state index is 14.0. The molecule has 5 rings (SSSR count). The summed E-state index contributed by atoms with van der Waals surface area (Å²) in [5, 5.41) is 14.2. The number of benzene rings is 3. The van der Waals surface area contributed by atoms with Gasteiger partial charge in [-0.05, 0) is 94.9 Å². The number of anilines is 2. The monoisotopic (exact) mass is 635 g/mol. The molecular formula is C39H49N5O3. The van der Waals surface area contributed by atoms with Crippen LogP contribution in [-0.4, -0.2) is 40.3 Å². The molecule has 248 valence electrons. The molecule has 3 aromatic carbocycles. The van der Waals surface area contributed by atoms with Gasteiger partial charge in [-0.1, -0.05) is 74.9 Å². The Morgan fingerprint density at radius 2 is 1.53 bits per heavy atom. The van der Waals surface area contributed by atoms with E-state index >= 15 is 0 Å². The van der Waals surface area contributed by atoms with Gasteiger partial charge in [0.15, 0.2) is 5.78 Å². The second kappa shape index (κ2) is 14.2.